The van der Waals surface area contributed by atoms with Crippen LogP contribution in [0.4, 0.5) is 0 Å². The van der Waals surface area contributed by atoms with E-state index in [0.717, 1.165) is 16.6 Å². The molecule has 1 amide bonds. The third-order valence-electron chi connectivity index (χ3n) is 5.56. The minimum absolute atomic E-state index is 0.0205. The van der Waals surface area contributed by atoms with Gasteiger partial charge in [0.15, 0.2) is 0 Å². The number of nitrogens with zero attached hydrogens (tertiary/aromatic N) is 2. The average Bonchev–Trinajstić information content (AvgIpc) is 2.66. The Bertz CT molecular complexity index is 974. The summed E-state index contributed by atoms with van der Waals surface area (Å²) >= 11 is 22.2. The van der Waals surface area contributed by atoms with Crippen molar-refractivity contribution in [1.82, 2.24) is 14.8 Å². The number of nitrogens with one attached hydrogen (secondary N) is 1. The molecular formula is C20H19BrCl3N3O2. The van der Waals surface area contributed by atoms with Crippen LogP contribution in [-0.2, 0) is 6.54 Å². The second-order valence-electron chi connectivity index (χ2n) is 7.58. The van der Waals surface area contributed by atoms with Crippen LogP contribution in [0.2, 0.25) is 0 Å². The molecule has 0 saturated carbocycles. The number of pyridine rings is 1. The molecule has 29 heavy (non-hydrogen) atoms. The van der Waals surface area contributed by atoms with Crippen LogP contribution in [-0.4, -0.2) is 38.4 Å². The molecule has 3 heterocycles. The van der Waals surface area contributed by atoms with Crippen molar-refractivity contribution in [3.63, 3.8) is 0 Å². The molecule has 154 valence electrons. The van der Waals surface area contributed by atoms with Gasteiger partial charge in [0.1, 0.15) is 6.17 Å². The number of carbonyl (C=O) groups excluding carboxylic acids is 1. The zero-order valence-electron chi connectivity index (χ0n) is 15.3. The number of likely N-dealkylation sites (tertiary alicyclic amines) is 1. The van der Waals surface area contributed by atoms with E-state index in [2.05, 4.69) is 21.2 Å². The van der Waals surface area contributed by atoms with E-state index < -0.39 is 9.96 Å². The molecule has 2 aliphatic rings. The smallest absolute Gasteiger partial charge is 0.252 e. The first kappa shape index (κ1) is 21.2. The van der Waals surface area contributed by atoms with Crippen LogP contribution >= 0.6 is 50.7 Å². The maximum atomic E-state index is 12.8. The van der Waals surface area contributed by atoms with Crippen molar-refractivity contribution < 1.29 is 4.79 Å². The SMILES string of the molecule is O=C(NC(N1C[C@H]2C[C@H](C1)c1cccc(=O)n1C2)C(Cl)(Cl)Cl)c1ccc(Br)cc1. The summed E-state index contributed by atoms with van der Waals surface area (Å²) in [6, 6.07) is 12.4. The number of halogens is 4. The summed E-state index contributed by atoms with van der Waals surface area (Å²) in [4.78, 5) is 27.0. The third kappa shape index (κ3) is 4.52. The monoisotopic (exact) mass is 517 g/mol. The molecular weight excluding hydrogens is 501 g/mol. The molecule has 2 aliphatic heterocycles. The quantitative estimate of drug-likeness (QED) is 0.620. The number of benzene rings is 1. The zero-order valence-corrected chi connectivity index (χ0v) is 19.2. The predicted molar refractivity (Wildman–Crippen MR) is 119 cm³/mol. The van der Waals surface area contributed by atoms with Crippen molar-refractivity contribution in [3.8, 4) is 0 Å². The fourth-order valence-corrected chi connectivity index (χ4v) is 5.18. The van der Waals surface area contributed by atoms with Gasteiger partial charge in [-0.05, 0) is 42.7 Å². The lowest BCUT2D eigenvalue weighted by molar-refractivity contribution is 0.0586. The van der Waals surface area contributed by atoms with E-state index in [4.69, 9.17) is 34.8 Å². The first-order valence-corrected chi connectivity index (χ1v) is 11.2. The predicted octanol–water partition coefficient (Wildman–Crippen LogP) is 4.16. The molecule has 5 nitrogen and oxygen atoms in total. The standard InChI is InChI=1S/C20H19BrCl3N3O2/c21-15-6-4-13(5-7-15)18(29)25-19(20(22,23)24)26-9-12-8-14(11-26)16-2-1-3-17(28)27(16)10-12/h1-7,12,14,19H,8-11H2,(H,25,29)/t12-,14-,19?/m1/s1. The number of hydrogen-bond donors (Lipinski definition) is 1. The number of fused-ring (bicyclic) bond motifs is 4. The van der Waals surface area contributed by atoms with Crippen molar-refractivity contribution in [2.24, 2.45) is 5.92 Å². The number of aromatic nitrogens is 1. The Morgan fingerprint density at radius 2 is 1.83 bits per heavy atom. The number of amides is 1. The fraction of sp³-hybridized carbons (Fsp3) is 0.400. The number of alkyl halides is 3. The molecule has 1 aromatic heterocycles. The molecule has 4 rings (SSSR count). The van der Waals surface area contributed by atoms with Crippen LogP contribution in [0.15, 0.2) is 51.7 Å². The highest BCUT2D eigenvalue weighted by Crippen LogP contribution is 2.40. The highest BCUT2D eigenvalue weighted by Gasteiger charge is 2.44. The van der Waals surface area contributed by atoms with Crippen molar-refractivity contribution in [1.29, 1.82) is 0 Å². The van der Waals surface area contributed by atoms with E-state index in [1.54, 1.807) is 36.4 Å². The van der Waals surface area contributed by atoms with Gasteiger partial charge in [0.25, 0.3) is 11.5 Å². The highest BCUT2D eigenvalue weighted by molar-refractivity contribution is 9.10. The van der Waals surface area contributed by atoms with Crippen LogP contribution in [0.5, 0.6) is 0 Å². The maximum absolute atomic E-state index is 12.8. The van der Waals surface area contributed by atoms with Gasteiger partial charge >= 0.3 is 0 Å². The van der Waals surface area contributed by atoms with E-state index >= 15 is 0 Å². The van der Waals surface area contributed by atoms with Crippen LogP contribution in [0.25, 0.3) is 0 Å². The molecule has 0 radical (unpaired) electrons. The minimum atomic E-state index is -1.70. The summed E-state index contributed by atoms with van der Waals surface area (Å²) in [7, 11) is 0. The van der Waals surface area contributed by atoms with Crippen LogP contribution in [0.3, 0.4) is 0 Å². The van der Waals surface area contributed by atoms with E-state index in [9.17, 15) is 9.59 Å². The van der Waals surface area contributed by atoms with Gasteiger partial charge in [0.05, 0.1) is 0 Å². The second kappa shape index (κ2) is 8.23. The molecule has 0 spiro atoms. The van der Waals surface area contributed by atoms with E-state index in [1.807, 2.05) is 15.5 Å². The molecule has 1 unspecified atom stereocenters. The van der Waals surface area contributed by atoms with Gasteiger partial charge in [-0.3, -0.25) is 14.5 Å². The summed E-state index contributed by atoms with van der Waals surface area (Å²) in [6.45, 7) is 1.87. The minimum Gasteiger partial charge on any atom is -0.332 e. The molecule has 0 aliphatic carbocycles. The van der Waals surface area contributed by atoms with Gasteiger partial charge in [-0.25, -0.2) is 0 Å². The van der Waals surface area contributed by atoms with Gasteiger partial charge < -0.3 is 9.88 Å². The van der Waals surface area contributed by atoms with Gasteiger partial charge in [-0.1, -0.05) is 56.8 Å². The van der Waals surface area contributed by atoms with Crippen LogP contribution in [0.1, 0.15) is 28.4 Å². The fourth-order valence-electron chi connectivity index (χ4n) is 4.33. The Labute approximate surface area is 192 Å². The molecule has 3 atom stereocenters. The molecule has 1 fully saturated rings. The number of hydrogen-bond acceptors (Lipinski definition) is 3. The lowest BCUT2D eigenvalue weighted by Gasteiger charge is -2.47. The Balaban J connectivity index is 1.58. The summed E-state index contributed by atoms with van der Waals surface area (Å²) in [5, 5.41) is 2.89. The first-order chi connectivity index (χ1) is 13.7. The largest absolute Gasteiger partial charge is 0.332 e. The van der Waals surface area contributed by atoms with Crippen molar-refractivity contribution in [2.75, 3.05) is 13.1 Å². The van der Waals surface area contributed by atoms with E-state index in [1.165, 1.54) is 0 Å². The Morgan fingerprint density at radius 1 is 1.10 bits per heavy atom. The maximum Gasteiger partial charge on any atom is 0.252 e. The van der Waals surface area contributed by atoms with Crippen LogP contribution in [0, 0.1) is 5.92 Å². The third-order valence-corrected chi connectivity index (χ3v) is 6.71. The van der Waals surface area contributed by atoms with Crippen molar-refractivity contribution in [2.45, 2.75) is 28.8 Å². The summed E-state index contributed by atoms with van der Waals surface area (Å²) in [5.41, 5.74) is 1.51. The number of carbonyl (C=O) groups is 1. The molecule has 2 aromatic rings. The lowest BCUT2D eigenvalue weighted by atomic mass is 9.83. The van der Waals surface area contributed by atoms with Crippen molar-refractivity contribution >= 4 is 56.6 Å². The molecule has 1 saturated heterocycles. The molecule has 1 N–H and O–H groups in total. The Hall–Kier alpha value is -1.05. The van der Waals surface area contributed by atoms with Gasteiger partial charge in [-0.15, -0.1) is 0 Å². The highest BCUT2D eigenvalue weighted by atomic mass is 79.9. The second-order valence-corrected chi connectivity index (χ2v) is 10.9. The molecule has 2 bridgehead atoms. The zero-order chi connectivity index (χ0) is 20.8. The van der Waals surface area contributed by atoms with Gasteiger partial charge in [0, 0.05) is 47.3 Å². The van der Waals surface area contributed by atoms with E-state index in [0.29, 0.717) is 25.2 Å². The summed E-state index contributed by atoms with van der Waals surface area (Å²) in [5.74, 6) is 0.0952. The van der Waals surface area contributed by atoms with Gasteiger partial charge in [-0.2, -0.15) is 0 Å². The number of rotatable bonds is 3. The Morgan fingerprint density at radius 3 is 2.52 bits per heavy atom. The Kier molecular flexibility index (Phi) is 6.02. The number of piperidine rings is 1. The summed E-state index contributed by atoms with van der Waals surface area (Å²) in [6.07, 6.45) is 0.198. The average molecular weight is 520 g/mol. The van der Waals surface area contributed by atoms with Crippen LogP contribution < -0.4 is 10.9 Å². The molecule has 9 heteroatoms. The van der Waals surface area contributed by atoms with E-state index in [-0.39, 0.29) is 23.3 Å². The van der Waals surface area contributed by atoms with Crippen molar-refractivity contribution in [3.05, 3.63) is 68.5 Å². The first-order valence-electron chi connectivity index (χ1n) is 9.29. The molecule has 1 aromatic carbocycles. The summed E-state index contributed by atoms with van der Waals surface area (Å²) < 4.78 is 1.03. The normalized spacial score (nSPS) is 22.6. The van der Waals surface area contributed by atoms with Gasteiger partial charge in [0.2, 0.25) is 3.79 Å². The lowest BCUT2D eigenvalue weighted by Crippen LogP contribution is -2.60. The topological polar surface area (TPSA) is 54.3 Å².